The highest BCUT2D eigenvalue weighted by Gasteiger charge is 2.49. The van der Waals surface area contributed by atoms with Crippen LogP contribution >= 0.6 is 0 Å². The predicted molar refractivity (Wildman–Crippen MR) is 139 cm³/mol. The molecular weight excluding hydrogens is 462 g/mol. The quantitative estimate of drug-likeness (QED) is 0.189. The Balaban J connectivity index is 1.77. The fourth-order valence-electron chi connectivity index (χ4n) is 4.09. The topological polar surface area (TPSA) is 115 Å². The third-order valence-electron chi connectivity index (χ3n) is 5.68. The minimum atomic E-state index is -2.64. The zero-order valence-electron chi connectivity index (χ0n) is 20.0. The van der Waals surface area contributed by atoms with Crippen molar-refractivity contribution in [3.63, 3.8) is 0 Å². The van der Waals surface area contributed by atoms with Gasteiger partial charge >= 0.3 is 11.7 Å². The Bertz CT molecular complexity index is 1160. The lowest BCUT2D eigenvalue weighted by Gasteiger charge is -2.42. The number of nitrogens with zero attached hydrogens (tertiary/aromatic N) is 2. The Kier molecular flexibility index (Phi) is 8.16. The lowest BCUT2D eigenvalue weighted by molar-refractivity contribution is -0.384. The summed E-state index contributed by atoms with van der Waals surface area (Å²) in [4.78, 5) is 25.6. The van der Waals surface area contributed by atoms with Crippen LogP contribution in [0.25, 0.3) is 0 Å². The van der Waals surface area contributed by atoms with Crippen LogP contribution in [0.2, 0.25) is 5.04 Å². The molecule has 0 aliphatic heterocycles. The third kappa shape index (κ3) is 5.82. The van der Waals surface area contributed by atoms with Crippen LogP contribution < -0.4 is 15.7 Å². The van der Waals surface area contributed by atoms with E-state index >= 15 is 0 Å². The Morgan fingerprint density at radius 2 is 1.66 bits per heavy atom. The van der Waals surface area contributed by atoms with Gasteiger partial charge in [-0.05, 0) is 15.4 Å². The molecule has 0 bridgehead atoms. The molecule has 0 aliphatic rings. The summed E-state index contributed by atoms with van der Waals surface area (Å²) in [5, 5.41) is 25.4. The average Bonchev–Trinajstić information content (AvgIpc) is 2.84. The lowest BCUT2D eigenvalue weighted by atomic mass is 10.2. The zero-order chi connectivity index (χ0) is 25.5. The molecule has 0 aliphatic carbocycles. The number of carbonyl (C=O) groups is 1. The van der Waals surface area contributed by atoms with Crippen molar-refractivity contribution in [3.05, 3.63) is 101 Å². The van der Waals surface area contributed by atoms with Crippen LogP contribution in [0.5, 0.6) is 0 Å². The van der Waals surface area contributed by atoms with Crippen molar-refractivity contribution in [2.75, 3.05) is 18.5 Å². The molecule has 0 atom stereocenters. The minimum Gasteiger partial charge on any atom is -0.478 e. The summed E-state index contributed by atoms with van der Waals surface area (Å²) >= 11 is 0. The normalized spacial score (nSPS) is 12.0. The molecule has 3 aromatic rings. The van der Waals surface area contributed by atoms with Crippen molar-refractivity contribution in [1.29, 1.82) is 0 Å². The SMILES string of the molecule is CC(C)(C)[Si](OC/C=C/CNc1ncc(C(=O)O)cc1[N+](=O)[O-])(c1ccccc1)c1ccccc1. The lowest BCUT2D eigenvalue weighted by Crippen LogP contribution is -2.66. The molecule has 0 spiro atoms. The summed E-state index contributed by atoms with van der Waals surface area (Å²) in [6.07, 6.45) is 4.78. The molecule has 0 radical (unpaired) electrons. The summed E-state index contributed by atoms with van der Waals surface area (Å²) in [6.45, 7) is 7.25. The molecule has 0 fully saturated rings. The largest absolute Gasteiger partial charge is 0.478 e. The van der Waals surface area contributed by atoms with Gasteiger partial charge in [0.25, 0.3) is 8.32 Å². The first-order valence-electron chi connectivity index (χ1n) is 11.2. The van der Waals surface area contributed by atoms with Gasteiger partial charge in [0.2, 0.25) is 5.82 Å². The number of anilines is 1. The van der Waals surface area contributed by atoms with Gasteiger partial charge < -0.3 is 14.8 Å². The fourth-order valence-corrected chi connectivity index (χ4v) is 8.59. The number of aromatic carboxylic acids is 1. The first kappa shape index (κ1) is 25.8. The van der Waals surface area contributed by atoms with Crippen molar-refractivity contribution in [2.45, 2.75) is 25.8 Å². The smallest absolute Gasteiger partial charge is 0.337 e. The monoisotopic (exact) mass is 491 g/mol. The maximum Gasteiger partial charge on any atom is 0.337 e. The number of carboxylic acid groups (broad SMARTS) is 1. The molecule has 2 N–H and O–H groups in total. The third-order valence-corrected chi connectivity index (χ3v) is 10.7. The zero-order valence-corrected chi connectivity index (χ0v) is 21.0. The fraction of sp³-hybridized carbons (Fsp3) is 0.231. The second-order valence-corrected chi connectivity index (χ2v) is 13.3. The summed E-state index contributed by atoms with van der Waals surface area (Å²) in [6, 6.07) is 21.6. The first-order chi connectivity index (χ1) is 16.7. The van der Waals surface area contributed by atoms with Gasteiger partial charge in [-0.25, -0.2) is 9.78 Å². The van der Waals surface area contributed by atoms with Crippen LogP contribution in [0.1, 0.15) is 31.1 Å². The van der Waals surface area contributed by atoms with Gasteiger partial charge in [-0.2, -0.15) is 0 Å². The number of pyridine rings is 1. The number of rotatable bonds is 10. The molecule has 0 saturated carbocycles. The first-order valence-corrected chi connectivity index (χ1v) is 13.1. The highest BCUT2D eigenvalue weighted by molar-refractivity contribution is 6.99. The maximum absolute atomic E-state index is 11.3. The number of carboxylic acids is 1. The van der Waals surface area contributed by atoms with E-state index in [9.17, 15) is 14.9 Å². The molecule has 182 valence electrons. The molecule has 1 heterocycles. The highest BCUT2D eigenvalue weighted by Crippen LogP contribution is 2.36. The van der Waals surface area contributed by atoms with Gasteiger partial charge in [0.05, 0.1) is 17.1 Å². The number of benzene rings is 2. The molecule has 35 heavy (non-hydrogen) atoms. The minimum absolute atomic E-state index is 0.0116. The Morgan fingerprint density at radius 3 is 2.14 bits per heavy atom. The van der Waals surface area contributed by atoms with Crippen LogP contribution in [0.15, 0.2) is 85.1 Å². The molecule has 0 unspecified atom stereocenters. The van der Waals surface area contributed by atoms with Gasteiger partial charge in [0.1, 0.15) is 0 Å². The standard InChI is InChI=1S/C26H29N3O5Si/c1-26(2,3)35(21-12-6-4-7-13-21,22-14-8-5-9-15-22)34-17-11-10-16-27-24-23(29(32)33)18-20(19-28-24)25(30)31/h4-15,18-19H,16-17H2,1-3H3,(H,27,28)(H,30,31)/b11-10+. The highest BCUT2D eigenvalue weighted by atomic mass is 28.4. The van der Waals surface area contributed by atoms with Crippen LogP contribution in [0.3, 0.4) is 0 Å². The van der Waals surface area contributed by atoms with Gasteiger partial charge in [-0.15, -0.1) is 0 Å². The van der Waals surface area contributed by atoms with E-state index in [0.717, 1.165) is 12.3 Å². The van der Waals surface area contributed by atoms with E-state index < -0.39 is 19.2 Å². The maximum atomic E-state index is 11.3. The number of hydrogen-bond acceptors (Lipinski definition) is 6. The van der Waals surface area contributed by atoms with Crippen molar-refractivity contribution in [2.24, 2.45) is 0 Å². The molecule has 3 rings (SSSR count). The van der Waals surface area contributed by atoms with Gasteiger partial charge in [0.15, 0.2) is 0 Å². The van der Waals surface area contributed by atoms with Gasteiger partial charge in [-0.1, -0.05) is 93.6 Å². The summed E-state index contributed by atoms with van der Waals surface area (Å²) in [5.74, 6) is -1.26. The number of hydrogen-bond donors (Lipinski definition) is 2. The van der Waals surface area contributed by atoms with E-state index in [1.54, 1.807) is 0 Å². The molecule has 0 amide bonds. The van der Waals surface area contributed by atoms with E-state index in [1.807, 2.05) is 48.6 Å². The van der Waals surface area contributed by atoms with Crippen molar-refractivity contribution < 1.29 is 19.3 Å². The number of aromatic nitrogens is 1. The second kappa shape index (κ2) is 11.1. The predicted octanol–water partition coefficient (Wildman–Crippen LogP) is 4.23. The van der Waals surface area contributed by atoms with Gasteiger partial charge in [-0.3, -0.25) is 10.1 Å². The molecule has 1 aromatic heterocycles. The van der Waals surface area contributed by atoms with E-state index in [1.165, 1.54) is 10.4 Å². The Hall–Kier alpha value is -3.82. The van der Waals surface area contributed by atoms with E-state index in [-0.39, 0.29) is 28.7 Å². The van der Waals surface area contributed by atoms with Crippen LogP contribution in [0.4, 0.5) is 11.5 Å². The van der Waals surface area contributed by atoms with E-state index in [4.69, 9.17) is 9.53 Å². The molecule has 8 nitrogen and oxygen atoms in total. The molecular formula is C26H29N3O5Si. The second-order valence-electron chi connectivity index (χ2n) is 8.98. The van der Waals surface area contributed by atoms with E-state index in [0.29, 0.717) is 6.61 Å². The van der Waals surface area contributed by atoms with Crippen molar-refractivity contribution >= 4 is 36.2 Å². The van der Waals surface area contributed by atoms with Crippen LogP contribution in [-0.2, 0) is 4.43 Å². The summed E-state index contributed by atoms with van der Waals surface area (Å²) < 4.78 is 6.76. The van der Waals surface area contributed by atoms with E-state index in [2.05, 4.69) is 55.3 Å². The summed E-state index contributed by atoms with van der Waals surface area (Å²) in [5.41, 5.74) is -0.627. The molecule has 0 saturated heterocycles. The van der Waals surface area contributed by atoms with Crippen molar-refractivity contribution in [1.82, 2.24) is 4.98 Å². The molecule has 9 heteroatoms. The average molecular weight is 492 g/mol. The van der Waals surface area contributed by atoms with Crippen LogP contribution in [0, 0.1) is 10.1 Å². The number of nitro groups is 1. The van der Waals surface area contributed by atoms with Crippen LogP contribution in [-0.4, -0.2) is 42.5 Å². The summed E-state index contributed by atoms with van der Waals surface area (Å²) in [7, 11) is -2.64. The van der Waals surface area contributed by atoms with Gasteiger partial charge in [0, 0.05) is 18.8 Å². The number of nitrogens with one attached hydrogen (secondary N) is 1. The Morgan fingerprint density at radius 1 is 1.09 bits per heavy atom. The van der Waals surface area contributed by atoms with Crippen molar-refractivity contribution in [3.8, 4) is 0 Å². The Labute approximate surface area is 205 Å². The molecule has 2 aromatic carbocycles.